The maximum atomic E-state index is 12.7. The summed E-state index contributed by atoms with van der Waals surface area (Å²) in [4.78, 5) is 23.4. The summed E-state index contributed by atoms with van der Waals surface area (Å²) in [5.41, 5.74) is 0.919. The first-order valence-electron chi connectivity index (χ1n) is 10.1. The van der Waals surface area contributed by atoms with E-state index in [0.29, 0.717) is 35.6 Å². The van der Waals surface area contributed by atoms with Crippen LogP contribution in [0, 0.1) is 0 Å². The summed E-state index contributed by atoms with van der Waals surface area (Å²) in [6, 6.07) is 9.56. The van der Waals surface area contributed by atoms with Gasteiger partial charge in [0.2, 0.25) is 6.79 Å². The molecule has 0 radical (unpaired) electrons. The molecule has 1 aliphatic heterocycles. The number of phenolic OH excluding ortho intramolecular Hbond substituents is 1. The van der Waals surface area contributed by atoms with Crippen LogP contribution in [0.1, 0.15) is 24.5 Å². The SMILES string of the molecule is COc1ccc([C@H](OC(=O)Nc2ccc3c(c2)OCO3)[C@H](CC/C=C/C(=O)O)OC)cc1O. The van der Waals surface area contributed by atoms with E-state index in [-0.39, 0.29) is 18.3 Å². The van der Waals surface area contributed by atoms with Crippen LogP contribution in [0.4, 0.5) is 10.5 Å². The molecule has 0 aromatic heterocycles. The standard InChI is InChI=1S/C23H25NO9/c1-29-17-9-7-14(11-16(17)25)22(19(30-2)5-3-4-6-21(26)27)33-23(28)24-15-8-10-18-20(12-15)32-13-31-18/h4,6-12,19,22,25H,3,5,13H2,1-2H3,(H,24,28)(H,26,27)/b6-4+/t19-,22-/m0/s1. The number of aromatic hydroxyl groups is 1. The molecule has 3 rings (SSSR count). The monoisotopic (exact) mass is 459 g/mol. The van der Waals surface area contributed by atoms with Crippen LogP contribution in [0.25, 0.3) is 0 Å². The number of rotatable bonds is 10. The van der Waals surface area contributed by atoms with Gasteiger partial charge in [-0.3, -0.25) is 5.32 Å². The molecule has 0 fully saturated rings. The number of anilines is 1. The van der Waals surface area contributed by atoms with Crippen molar-refractivity contribution in [3.63, 3.8) is 0 Å². The summed E-state index contributed by atoms with van der Waals surface area (Å²) in [6.07, 6.45) is 0.971. The lowest BCUT2D eigenvalue weighted by molar-refractivity contribution is -0.131. The van der Waals surface area contributed by atoms with Gasteiger partial charge in [0.25, 0.3) is 0 Å². The molecule has 2 aromatic carbocycles. The molecule has 3 N–H and O–H groups in total. The van der Waals surface area contributed by atoms with Crippen LogP contribution >= 0.6 is 0 Å². The fraction of sp³-hybridized carbons (Fsp3) is 0.304. The molecule has 1 amide bonds. The quantitative estimate of drug-likeness (QED) is 0.453. The molecule has 1 aliphatic rings. The highest BCUT2D eigenvalue weighted by molar-refractivity contribution is 5.85. The van der Waals surface area contributed by atoms with Crippen molar-refractivity contribution in [1.29, 1.82) is 0 Å². The number of hydrogen-bond donors (Lipinski definition) is 3. The van der Waals surface area contributed by atoms with E-state index in [1.807, 2.05) is 0 Å². The zero-order valence-electron chi connectivity index (χ0n) is 18.1. The maximum Gasteiger partial charge on any atom is 0.412 e. The Morgan fingerprint density at radius 2 is 1.94 bits per heavy atom. The van der Waals surface area contributed by atoms with Crippen LogP contribution in [0.3, 0.4) is 0 Å². The van der Waals surface area contributed by atoms with Gasteiger partial charge in [0, 0.05) is 24.9 Å². The van der Waals surface area contributed by atoms with Crippen molar-refractivity contribution in [3.05, 3.63) is 54.1 Å². The Morgan fingerprint density at radius 3 is 2.64 bits per heavy atom. The average molecular weight is 459 g/mol. The molecule has 176 valence electrons. The first-order valence-corrected chi connectivity index (χ1v) is 10.1. The highest BCUT2D eigenvalue weighted by atomic mass is 16.7. The van der Waals surface area contributed by atoms with Crippen molar-refractivity contribution in [2.24, 2.45) is 0 Å². The normalized spacial score (nSPS) is 14.0. The number of aliphatic carboxylic acids is 1. The van der Waals surface area contributed by atoms with Gasteiger partial charge in [-0.1, -0.05) is 12.1 Å². The number of ether oxygens (including phenoxy) is 5. The van der Waals surface area contributed by atoms with Gasteiger partial charge in [-0.2, -0.15) is 0 Å². The van der Waals surface area contributed by atoms with Gasteiger partial charge >= 0.3 is 12.1 Å². The second-order valence-corrected chi connectivity index (χ2v) is 7.04. The van der Waals surface area contributed by atoms with E-state index >= 15 is 0 Å². The van der Waals surface area contributed by atoms with E-state index in [4.69, 9.17) is 28.8 Å². The van der Waals surface area contributed by atoms with E-state index in [2.05, 4.69) is 5.32 Å². The number of phenols is 1. The van der Waals surface area contributed by atoms with Gasteiger partial charge in [0.05, 0.1) is 13.2 Å². The minimum absolute atomic E-state index is 0.109. The molecule has 33 heavy (non-hydrogen) atoms. The topological polar surface area (TPSA) is 133 Å². The zero-order valence-corrected chi connectivity index (χ0v) is 18.1. The number of amides is 1. The van der Waals surface area contributed by atoms with Crippen molar-refractivity contribution < 1.29 is 43.5 Å². The van der Waals surface area contributed by atoms with Gasteiger partial charge in [-0.25, -0.2) is 9.59 Å². The number of nitrogens with one attached hydrogen (secondary N) is 1. The minimum Gasteiger partial charge on any atom is -0.504 e. The van der Waals surface area contributed by atoms with Gasteiger partial charge in [-0.05, 0) is 42.7 Å². The Balaban J connectivity index is 1.78. The number of methoxy groups -OCH3 is 2. The molecule has 0 spiro atoms. The van der Waals surface area contributed by atoms with Crippen molar-refractivity contribution in [2.75, 3.05) is 26.3 Å². The van der Waals surface area contributed by atoms with Crippen molar-refractivity contribution in [1.82, 2.24) is 0 Å². The second-order valence-electron chi connectivity index (χ2n) is 7.04. The number of hydrogen-bond acceptors (Lipinski definition) is 8. The predicted molar refractivity (Wildman–Crippen MR) is 117 cm³/mol. The number of carbonyl (C=O) groups is 2. The predicted octanol–water partition coefficient (Wildman–Crippen LogP) is 3.86. The van der Waals surface area contributed by atoms with Crippen LogP contribution in [0.15, 0.2) is 48.6 Å². The molecular formula is C23H25NO9. The minimum atomic E-state index is -1.06. The summed E-state index contributed by atoms with van der Waals surface area (Å²) in [7, 11) is 2.88. The molecule has 1 heterocycles. The van der Waals surface area contributed by atoms with Gasteiger partial charge in [0.15, 0.2) is 29.1 Å². The lowest BCUT2D eigenvalue weighted by Gasteiger charge is -2.26. The van der Waals surface area contributed by atoms with Gasteiger partial charge in [-0.15, -0.1) is 0 Å². The van der Waals surface area contributed by atoms with Crippen LogP contribution in [0.5, 0.6) is 23.0 Å². The van der Waals surface area contributed by atoms with E-state index in [9.17, 15) is 14.7 Å². The summed E-state index contributed by atoms with van der Waals surface area (Å²) >= 11 is 0. The molecule has 0 unspecified atom stereocenters. The smallest absolute Gasteiger partial charge is 0.412 e. The van der Waals surface area contributed by atoms with Crippen LogP contribution in [-0.2, 0) is 14.3 Å². The third kappa shape index (κ3) is 6.30. The summed E-state index contributed by atoms with van der Waals surface area (Å²) in [5.74, 6) is 0.166. The molecule has 0 saturated carbocycles. The largest absolute Gasteiger partial charge is 0.504 e. The fourth-order valence-corrected chi connectivity index (χ4v) is 3.32. The number of carbonyl (C=O) groups excluding carboxylic acids is 1. The van der Waals surface area contributed by atoms with Crippen LogP contribution in [-0.4, -0.2) is 49.4 Å². The summed E-state index contributed by atoms with van der Waals surface area (Å²) in [5, 5.41) is 21.6. The summed E-state index contributed by atoms with van der Waals surface area (Å²) < 4.78 is 26.9. The molecule has 10 nitrogen and oxygen atoms in total. The molecule has 10 heteroatoms. The number of carboxylic acids is 1. The molecule has 2 aromatic rings. The first-order chi connectivity index (χ1) is 15.9. The molecule has 0 aliphatic carbocycles. The van der Waals surface area contributed by atoms with E-state index < -0.39 is 24.3 Å². The average Bonchev–Trinajstić information content (AvgIpc) is 3.25. The Bertz CT molecular complexity index is 1020. The second kappa shape index (κ2) is 11.1. The Morgan fingerprint density at radius 1 is 1.15 bits per heavy atom. The lowest BCUT2D eigenvalue weighted by atomic mass is 9.99. The van der Waals surface area contributed by atoms with Crippen molar-refractivity contribution >= 4 is 17.7 Å². The van der Waals surface area contributed by atoms with Crippen molar-refractivity contribution in [2.45, 2.75) is 25.0 Å². The molecule has 0 bridgehead atoms. The number of fused-ring (bicyclic) bond motifs is 1. The maximum absolute atomic E-state index is 12.7. The molecule has 2 atom stereocenters. The zero-order chi connectivity index (χ0) is 23.8. The Hall–Kier alpha value is -3.92. The molecule has 0 saturated heterocycles. The van der Waals surface area contributed by atoms with Crippen LogP contribution < -0.4 is 19.5 Å². The van der Waals surface area contributed by atoms with Gasteiger partial charge in [0.1, 0.15) is 0 Å². The summed E-state index contributed by atoms with van der Waals surface area (Å²) in [6.45, 7) is 0.109. The fourth-order valence-electron chi connectivity index (χ4n) is 3.32. The Kier molecular flexibility index (Phi) is 7.98. The first kappa shape index (κ1) is 23.7. The van der Waals surface area contributed by atoms with Crippen molar-refractivity contribution in [3.8, 4) is 23.0 Å². The lowest BCUT2D eigenvalue weighted by Crippen LogP contribution is -2.28. The van der Waals surface area contributed by atoms with E-state index in [1.54, 1.807) is 30.3 Å². The third-order valence-electron chi connectivity index (χ3n) is 4.90. The number of allylic oxidation sites excluding steroid dienone is 1. The third-order valence-corrected chi connectivity index (χ3v) is 4.90. The Labute approximate surface area is 190 Å². The number of carboxylic acid groups (broad SMARTS) is 1. The van der Waals surface area contributed by atoms with E-state index in [1.165, 1.54) is 26.4 Å². The van der Waals surface area contributed by atoms with Crippen LogP contribution in [0.2, 0.25) is 0 Å². The molecular weight excluding hydrogens is 434 g/mol. The van der Waals surface area contributed by atoms with E-state index in [0.717, 1.165) is 6.08 Å². The highest BCUT2D eigenvalue weighted by Crippen LogP contribution is 2.36. The number of benzene rings is 2. The highest BCUT2D eigenvalue weighted by Gasteiger charge is 2.28. The van der Waals surface area contributed by atoms with Gasteiger partial charge < -0.3 is 33.9 Å².